The van der Waals surface area contributed by atoms with Gasteiger partial charge >= 0.3 is 0 Å². The molecule has 5 nitrogen and oxygen atoms in total. The second-order valence-corrected chi connectivity index (χ2v) is 9.76. The number of halogens is 1. The van der Waals surface area contributed by atoms with Gasteiger partial charge in [-0.3, -0.25) is 4.79 Å². The lowest BCUT2D eigenvalue weighted by molar-refractivity contribution is -0.121. The van der Waals surface area contributed by atoms with E-state index in [-0.39, 0.29) is 30.3 Å². The van der Waals surface area contributed by atoms with Crippen LogP contribution in [-0.2, 0) is 27.9 Å². The van der Waals surface area contributed by atoms with Crippen molar-refractivity contribution in [3.8, 4) is 0 Å². The summed E-state index contributed by atoms with van der Waals surface area (Å²) in [6, 6.07) is 18.6. The Morgan fingerprint density at radius 1 is 0.906 bits per heavy atom. The molecule has 3 aromatic carbocycles. The van der Waals surface area contributed by atoms with Gasteiger partial charge in [-0.05, 0) is 55.2 Å². The number of nitrogens with zero attached hydrogens (tertiary/aromatic N) is 1. The number of hydrogen-bond acceptors (Lipinski definition) is 3. The van der Waals surface area contributed by atoms with Crippen LogP contribution in [0, 0.1) is 26.6 Å². The van der Waals surface area contributed by atoms with Crippen LogP contribution in [0.15, 0.2) is 71.6 Å². The normalized spacial score (nSPS) is 11.5. The van der Waals surface area contributed by atoms with Crippen molar-refractivity contribution >= 4 is 15.9 Å². The summed E-state index contributed by atoms with van der Waals surface area (Å²) in [5.41, 5.74) is 3.78. The monoisotopic (exact) mass is 454 g/mol. The molecule has 0 atom stereocenters. The Kier molecular flexibility index (Phi) is 7.43. The Morgan fingerprint density at radius 3 is 2.09 bits per heavy atom. The fourth-order valence-corrected chi connectivity index (χ4v) is 5.53. The second-order valence-electron chi connectivity index (χ2n) is 7.89. The molecule has 0 saturated heterocycles. The lowest BCUT2D eigenvalue weighted by Gasteiger charge is -2.24. The minimum atomic E-state index is -3.94. The maximum absolute atomic E-state index is 13.6. The molecular formula is C25H27FN2O3S. The van der Waals surface area contributed by atoms with E-state index < -0.39 is 15.9 Å². The highest BCUT2D eigenvalue weighted by molar-refractivity contribution is 7.89. The van der Waals surface area contributed by atoms with Gasteiger partial charge in [0, 0.05) is 13.1 Å². The van der Waals surface area contributed by atoms with Crippen molar-refractivity contribution in [2.45, 2.75) is 38.8 Å². The van der Waals surface area contributed by atoms with Crippen molar-refractivity contribution < 1.29 is 17.6 Å². The number of nitrogens with one attached hydrogen (secondary N) is 1. The highest BCUT2D eigenvalue weighted by atomic mass is 32.2. The molecule has 32 heavy (non-hydrogen) atoms. The Bertz CT molecular complexity index is 1170. The maximum atomic E-state index is 13.6. The van der Waals surface area contributed by atoms with E-state index >= 15 is 0 Å². The molecule has 0 aliphatic heterocycles. The van der Waals surface area contributed by atoms with Gasteiger partial charge < -0.3 is 5.32 Å². The average molecular weight is 455 g/mol. The van der Waals surface area contributed by atoms with E-state index in [2.05, 4.69) is 5.32 Å². The van der Waals surface area contributed by atoms with Crippen molar-refractivity contribution in [1.82, 2.24) is 9.62 Å². The van der Waals surface area contributed by atoms with Gasteiger partial charge in [0.15, 0.2) is 0 Å². The standard InChI is InChI=1S/C25H27FN2O3S/c1-18-13-19(2)25(20(3)14-18)32(30,31)28(16-22-7-5-4-6-8-22)17-24(29)27-15-21-9-11-23(26)12-10-21/h4-14H,15-17H2,1-3H3,(H,27,29). The summed E-state index contributed by atoms with van der Waals surface area (Å²) in [5, 5.41) is 2.73. The van der Waals surface area contributed by atoms with E-state index in [9.17, 15) is 17.6 Å². The summed E-state index contributed by atoms with van der Waals surface area (Å²) >= 11 is 0. The number of rotatable bonds is 8. The van der Waals surface area contributed by atoms with E-state index in [1.165, 1.54) is 16.4 Å². The highest BCUT2D eigenvalue weighted by Crippen LogP contribution is 2.26. The summed E-state index contributed by atoms with van der Waals surface area (Å²) < 4.78 is 41.6. The molecule has 0 saturated carbocycles. The average Bonchev–Trinajstić information content (AvgIpc) is 2.72. The molecule has 1 amide bonds. The van der Waals surface area contributed by atoms with E-state index in [1.54, 1.807) is 26.0 Å². The number of sulfonamides is 1. The summed E-state index contributed by atoms with van der Waals surface area (Å²) in [6.45, 7) is 5.37. The van der Waals surface area contributed by atoms with Crippen LogP contribution in [0.2, 0.25) is 0 Å². The van der Waals surface area contributed by atoms with Gasteiger partial charge in [-0.15, -0.1) is 0 Å². The van der Waals surface area contributed by atoms with E-state index in [0.717, 1.165) is 16.7 Å². The molecule has 1 N–H and O–H groups in total. The molecule has 168 valence electrons. The maximum Gasteiger partial charge on any atom is 0.244 e. The zero-order chi connectivity index (χ0) is 23.3. The van der Waals surface area contributed by atoms with Gasteiger partial charge in [0.1, 0.15) is 5.82 Å². The summed E-state index contributed by atoms with van der Waals surface area (Å²) in [4.78, 5) is 12.9. The first-order valence-corrected chi connectivity index (χ1v) is 11.7. The smallest absolute Gasteiger partial charge is 0.244 e. The fourth-order valence-electron chi connectivity index (χ4n) is 3.73. The van der Waals surface area contributed by atoms with Crippen molar-refractivity contribution in [2.75, 3.05) is 6.54 Å². The molecule has 0 aliphatic rings. The van der Waals surface area contributed by atoms with Crippen LogP contribution in [0.1, 0.15) is 27.8 Å². The van der Waals surface area contributed by atoms with Gasteiger partial charge in [0.05, 0.1) is 11.4 Å². The van der Waals surface area contributed by atoms with Crippen LogP contribution in [-0.4, -0.2) is 25.2 Å². The highest BCUT2D eigenvalue weighted by Gasteiger charge is 2.29. The Morgan fingerprint density at radius 2 is 1.50 bits per heavy atom. The van der Waals surface area contributed by atoms with Gasteiger partial charge in [-0.2, -0.15) is 4.31 Å². The van der Waals surface area contributed by atoms with Gasteiger partial charge in [-0.25, -0.2) is 12.8 Å². The topological polar surface area (TPSA) is 66.5 Å². The minimum Gasteiger partial charge on any atom is -0.351 e. The predicted octanol–water partition coefficient (Wildman–Crippen LogP) is 4.26. The number of hydrogen-bond donors (Lipinski definition) is 1. The first kappa shape index (κ1) is 23.6. The van der Waals surface area contributed by atoms with Crippen molar-refractivity contribution in [3.63, 3.8) is 0 Å². The molecule has 0 aliphatic carbocycles. The minimum absolute atomic E-state index is 0.0693. The van der Waals surface area contributed by atoms with E-state index in [0.29, 0.717) is 11.1 Å². The molecule has 0 bridgehead atoms. The van der Waals surface area contributed by atoms with E-state index in [4.69, 9.17) is 0 Å². The number of carbonyl (C=O) groups is 1. The molecule has 0 spiro atoms. The molecule has 7 heteroatoms. The molecular weight excluding hydrogens is 427 g/mol. The Labute approximate surface area is 188 Å². The van der Waals surface area contributed by atoms with Gasteiger partial charge in [-0.1, -0.05) is 60.2 Å². The molecule has 3 aromatic rings. The summed E-state index contributed by atoms with van der Waals surface area (Å²) in [7, 11) is -3.94. The lowest BCUT2D eigenvalue weighted by Crippen LogP contribution is -2.40. The molecule has 0 heterocycles. The SMILES string of the molecule is Cc1cc(C)c(S(=O)(=O)N(CC(=O)NCc2ccc(F)cc2)Cc2ccccc2)c(C)c1. The summed E-state index contributed by atoms with van der Waals surface area (Å²) in [6.07, 6.45) is 0. The Balaban J connectivity index is 1.86. The Hall–Kier alpha value is -3.03. The molecule has 0 fully saturated rings. The lowest BCUT2D eigenvalue weighted by atomic mass is 10.1. The molecule has 0 radical (unpaired) electrons. The first-order chi connectivity index (χ1) is 15.2. The van der Waals surface area contributed by atoms with Gasteiger partial charge in [0.2, 0.25) is 15.9 Å². The quantitative estimate of drug-likeness (QED) is 0.553. The molecule has 3 rings (SSSR count). The first-order valence-electron chi connectivity index (χ1n) is 10.3. The third-order valence-electron chi connectivity index (χ3n) is 5.13. The van der Waals surface area contributed by atoms with Crippen LogP contribution in [0.5, 0.6) is 0 Å². The second kappa shape index (κ2) is 10.1. The molecule has 0 aromatic heterocycles. The van der Waals surface area contributed by atoms with Crippen LogP contribution < -0.4 is 5.32 Å². The largest absolute Gasteiger partial charge is 0.351 e. The van der Waals surface area contributed by atoms with Gasteiger partial charge in [0.25, 0.3) is 0 Å². The number of aryl methyl sites for hydroxylation is 3. The van der Waals surface area contributed by atoms with Crippen LogP contribution in [0.25, 0.3) is 0 Å². The number of benzene rings is 3. The van der Waals surface area contributed by atoms with Crippen LogP contribution >= 0.6 is 0 Å². The predicted molar refractivity (Wildman–Crippen MR) is 123 cm³/mol. The number of amides is 1. The van der Waals surface area contributed by atoms with Crippen molar-refractivity contribution in [2.24, 2.45) is 0 Å². The third kappa shape index (κ3) is 5.81. The van der Waals surface area contributed by atoms with Crippen LogP contribution in [0.4, 0.5) is 4.39 Å². The number of carbonyl (C=O) groups excluding carboxylic acids is 1. The van der Waals surface area contributed by atoms with Crippen molar-refractivity contribution in [3.05, 3.63) is 100 Å². The fraction of sp³-hybridized carbons (Fsp3) is 0.240. The zero-order valence-corrected chi connectivity index (χ0v) is 19.2. The third-order valence-corrected chi connectivity index (χ3v) is 7.23. The molecule has 0 unspecified atom stereocenters. The van der Waals surface area contributed by atoms with Crippen molar-refractivity contribution in [1.29, 1.82) is 0 Å². The van der Waals surface area contributed by atoms with Crippen LogP contribution in [0.3, 0.4) is 0 Å². The zero-order valence-electron chi connectivity index (χ0n) is 18.4. The summed E-state index contributed by atoms with van der Waals surface area (Å²) in [5.74, 6) is -0.791. The van der Waals surface area contributed by atoms with E-state index in [1.807, 2.05) is 49.4 Å².